The van der Waals surface area contributed by atoms with Crippen LogP contribution in [0.5, 0.6) is 0 Å². The summed E-state index contributed by atoms with van der Waals surface area (Å²) in [6, 6.07) is 5.34. The van der Waals surface area contributed by atoms with Crippen LogP contribution in [0.1, 0.15) is 22.5 Å². The van der Waals surface area contributed by atoms with Gasteiger partial charge >= 0.3 is 5.97 Å². The Kier molecular flexibility index (Phi) is 4.04. The van der Waals surface area contributed by atoms with Crippen LogP contribution >= 0.6 is 12.6 Å². The van der Waals surface area contributed by atoms with E-state index in [1.165, 1.54) is 7.11 Å². The van der Waals surface area contributed by atoms with Crippen LogP contribution in [0.15, 0.2) is 24.3 Å². The molecule has 18 heavy (non-hydrogen) atoms. The van der Waals surface area contributed by atoms with Crippen LogP contribution in [0.4, 0.5) is 0 Å². The van der Waals surface area contributed by atoms with Crippen LogP contribution in [0, 0.1) is 0 Å². The van der Waals surface area contributed by atoms with Crippen LogP contribution in [0.25, 0.3) is 17.0 Å². The standard InChI is InChI=1S/C13H14N2O2S/c1-17-13(16)9-5-6-10-11(4-2-3-7-18)14-15-12(10)8-9/h2,4-6,8,18H,3,7H2,1H3,(H,14,15). The van der Waals surface area contributed by atoms with Crippen LogP contribution < -0.4 is 0 Å². The van der Waals surface area contributed by atoms with E-state index in [-0.39, 0.29) is 5.97 Å². The molecule has 0 amide bonds. The van der Waals surface area contributed by atoms with Crippen molar-refractivity contribution in [3.8, 4) is 0 Å². The van der Waals surface area contributed by atoms with Crippen molar-refractivity contribution in [2.45, 2.75) is 6.42 Å². The number of thiol groups is 1. The third kappa shape index (κ3) is 2.56. The molecule has 1 heterocycles. The Labute approximate surface area is 110 Å². The summed E-state index contributed by atoms with van der Waals surface area (Å²) < 4.78 is 4.68. The van der Waals surface area contributed by atoms with Gasteiger partial charge in [-0.15, -0.1) is 0 Å². The fraction of sp³-hybridized carbons (Fsp3) is 0.231. The molecule has 0 aliphatic carbocycles. The number of methoxy groups -OCH3 is 1. The van der Waals surface area contributed by atoms with E-state index in [2.05, 4.69) is 27.6 Å². The second-order valence-corrected chi connectivity index (χ2v) is 4.22. The molecule has 0 bridgehead atoms. The summed E-state index contributed by atoms with van der Waals surface area (Å²) in [6.45, 7) is 0. The van der Waals surface area contributed by atoms with E-state index in [4.69, 9.17) is 0 Å². The van der Waals surface area contributed by atoms with E-state index < -0.39 is 0 Å². The second-order valence-electron chi connectivity index (χ2n) is 3.78. The molecule has 0 fully saturated rings. The number of carbonyl (C=O) groups excluding carboxylic acids is 1. The third-order valence-corrected chi connectivity index (χ3v) is 2.84. The number of esters is 1. The molecule has 0 radical (unpaired) electrons. The van der Waals surface area contributed by atoms with Crippen molar-refractivity contribution in [3.05, 3.63) is 35.5 Å². The number of hydrogen-bond acceptors (Lipinski definition) is 4. The van der Waals surface area contributed by atoms with E-state index >= 15 is 0 Å². The number of nitrogens with one attached hydrogen (secondary N) is 1. The van der Waals surface area contributed by atoms with E-state index in [0.29, 0.717) is 5.56 Å². The van der Waals surface area contributed by atoms with E-state index in [1.807, 2.05) is 18.2 Å². The van der Waals surface area contributed by atoms with Crippen molar-refractivity contribution in [2.24, 2.45) is 0 Å². The Morgan fingerprint density at radius 3 is 3.11 bits per heavy atom. The first-order valence-corrected chi connectivity index (χ1v) is 6.23. The summed E-state index contributed by atoms with van der Waals surface area (Å²) >= 11 is 4.14. The molecule has 0 saturated heterocycles. The Hall–Kier alpha value is -1.75. The minimum absolute atomic E-state index is 0.348. The molecule has 4 nitrogen and oxygen atoms in total. The van der Waals surface area contributed by atoms with Crippen molar-refractivity contribution in [1.29, 1.82) is 0 Å². The lowest BCUT2D eigenvalue weighted by molar-refractivity contribution is 0.0601. The quantitative estimate of drug-likeness (QED) is 0.658. The molecule has 1 aromatic carbocycles. The van der Waals surface area contributed by atoms with Gasteiger partial charge in [-0.05, 0) is 36.4 Å². The van der Waals surface area contributed by atoms with Crippen molar-refractivity contribution in [2.75, 3.05) is 12.9 Å². The van der Waals surface area contributed by atoms with Gasteiger partial charge in [0.1, 0.15) is 0 Å². The van der Waals surface area contributed by atoms with Crippen molar-refractivity contribution in [3.63, 3.8) is 0 Å². The topological polar surface area (TPSA) is 55.0 Å². The van der Waals surface area contributed by atoms with Crippen LogP contribution in [-0.4, -0.2) is 29.0 Å². The molecular formula is C13H14N2O2S. The minimum atomic E-state index is -0.348. The van der Waals surface area contributed by atoms with Gasteiger partial charge in [-0.3, -0.25) is 5.10 Å². The predicted molar refractivity (Wildman–Crippen MR) is 74.9 cm³/mol. The molecule has 2 aromatic rings. The van der Waals surface area contributed by atoms with E-state index in [0.717, 1.165) is 28.8 Å². The normalized spacial score (nSPS) is 11.2. The number of H-pyrrole nitrogens is 1. The summed E-state index contributed by atoms with van der Waals surface area (Å²) in [5.74, 6) is 0.462. The number of nitrogens with zero attached hydrogens (tertiary/aromatic N) is 1. The summed E-state index contributed by atoms with van der Waals surface area (Å²) in [5.41, 5.74) is 2.20. The largest absolute Gasteiger partial charge is 0.465 e. The van der Waals surface area contributed by atoms with E-state index in [1.54, 1.807) is 12.1 Å². The number of carbonyl (C=O) groups is 1. The second kappa shape index (κ2) is 5.73. The molecule has 1 aromatic heterocycles. The number of hydrogen-bond donors (Lipinski definition) is 2. The first-order valence-electron chi connectivity index (χ1n) is 5.60. The average molecular weight is 262 g/mol. The van der Waals surface area contributed by atoms with Gasteiger partial charge in [0.05, 0.1) is 23.9 Å². The summed E-state index contributed by atoms with van der Waals surface area (Å²) in [4.78, 5) is 11.4. The van der Waals surface area contributed by atoms with Gasteiger partial charge in [-0.2, -0.15) is 17.7 Å². The van der Waals surface area contributed by atoms with Crippen molar-refractivity contribution < 1.29 is 9.53 Å². The molecule has 0 spiro atoms. The molecule has 0 aliphatic rings. The zero-order chi connectivity index (χ0) is 13.0. The lowest BCUT2D eigenvalue weighted by atomic mass is 10.1. The summed E-state index contributed by atoms with van der Waals surface area (Å²) in [6.07, 6.45) is 4.88. The van der Waals surface area contributed by atoms with Gasteiger partial charge < -0.3 is 4.74 Å². The van der Waals surface area contributed by atoms with Gasteiger partial charge in [0, 0.05) is 5.39 Å². The maximum Gasteiger partial charge on any atom is 0.337 e. The van der Waals surface area contributed by atoms with Gasteiger partial charge in [0.2, 0.25) is 0 Å². The monoisotopic (exact) mass is 262 g/mol. The molecule has 5 heteroatoms. The highest BCUT2D eigenvalue weighted by Gasteiger charge is 2.08. The lowest BCUT2D eigenvalue weighted by Crippen LogP contribution is -2.00. The molecule has 1 N–H and O–H groups in total. The fourth-order valence-corrected chi connectivity index (χ4v) is 1.83. The SMILES string of the molecule is COC(=O)c1ccc2c(C=CCCS)n[nH]c2c1. The number of aromatic nitrogens is 2. The molecular weight excluding hydrogens is 248 g/mol. The minimum Gasteiger partial charge on any atom is -0.465 e. The van der Waals surface area contributed by atoms with Crippen molar-refractivity contribution in [1.82, 2.24) is 10.2 Å². The summed E-state index contributed by atoms with van der Waals surface area (Å²) in [5, 5.41) is 8.10. The lowest BCUT2D eigenvalue weighted by Gasteiger charge is -1.98. The Balaban J connectivity index is 2.34. The molecule has 2 rings (SSSR count). The highest BCUT2D eigenvalue weighted by atomic mass is 32.1. The molecule has 0 unspecified atom stereocenters. The fourth-order valence-electron chi connectivity index (χ4n) is 1.68. The predicted octanol–water partition coefficient (Wildman–Crippen LogP) is 2.68. The molecule has 0 atom stereocenters. The van der Waals surface area contributed by atoms with Crippen LogP contribution in [-0.2, 0) is 4.74 Å². The number of rotatable bonds is 4. The Morgan fingerprint density at radius 2 is 2.39 bits per heavy atom. The molecule has 0 aliphatic heterocycles. The number of allylic oxidation sites excluding steroid dienone is 1. The number of benzene rings is 1. The summed E-state index contributed by atoms with van der Waals surface area (Å²) in [7, 11) is 1.37. The third-order valence-electron chi connectivity index (χ3n) is 2.58. The van der Waals surface area contributed by atoms with Gasteiger partial charge in [-0.1, -0.05) is 6.08 Å². The van der Waals surface area contributed by atoms with Crippen LogP contribution in [0.3, 0.4) is 0 Å². The maximum atomic E-state index is 11.4. The van der Waals surface area contributed by atoms with Crippen LogP contribution in [0.2, 0.25) is 0 Å². The Bertz CT molecular complexity index is 590. The number of fused-ring (bicyclic) bond motifs is 1. The highest BCUT2D eigenvalue weighted by Crippen LogP contribution is 2.19. The smallest absolute Gasteiger partial charge is 0.337 e. The van der Waals surface area contributed by atoms with Crippen molar-refractivity contribution >= 4 is 35.6 Å². The maximum absolute atomic E-state index is 11.4. The number of aromatic amines is 1. The number of ether oxygens (including phenoxy) is 1. The zero-order valence-corrected chi connectivity index (χ0v) is 10.9. The highest BCUT2D eigenvalue weighted by molar-refractivity contribution is 7.80. The molecule has 0 saturated carbocycles. The first-order chi connectivity index (χ1) is 8.76. The first kappa shape index (κ1) is 12.7. The van der Waals surface area contributed by atoms with E-state index in [9.17, 15) is 4.79 Å². The zero-order valence-electron chi connectivity index (χ0n) is 10.0. The average Bonchev–Trinajstić information content (AvgIpc) is 2.80. The molecule has 94 valence electrons. The Morgan fingerprint density at radius 1 is 1.56 bits per heavy atom. The van der Waals surface area contributed by atoms with Gasteiger partial charge in [0.25, 0.3) is 0 Å². The van der Waals surface area contributed by atoms with Gasteiger partial charge in [-0.25, -0.2) is 4.79 Å². The van der Waals surface area contributed by atoms with Gasteiger partial charge in [0.15, 0.2) is 0 Å².